The smallest absolute Gasteiger partial charge is 0.262 e. The Morgan fingerprint density at radius 3 is 2.72 bits per heavy atom. The maximum Gasteiger partial charge on any atom is 0.262 e. The lowest BCUT2D eigenvalue weighted by molar-refractivity contribution is -0.113. The van der Waals surface area contributed by atoms with Crippen LogP contribution in [-0.2, 0) is 9.53 Å². The van der Waals surface area contributed by atoms with Gasteiger partial charge in [0.05, 0.1) is 29.3 Å². The molecule has 4 rings (SSSR count). The summed E-state index contributed by atoms with van der Waals surface area (Å²) in [4.78, 5) is 30.4. The van der Waals surface area contributed by atoms with Gasteiger partial charge in [0, 0.05) is 12.5 Å². The number of hydrogen-bond acceptors (Lipinski definition) is 7. The largest absolute Gasteiger partial charge is 0.443 e. The minimum Gasteiger partial charge on any atom is -0.443 e. The Hall–Kier alpha value is -3.61. The first-order valence-corrected chi connectivity index (χ1v) is 10.9. The van der Waals surface area contributed by atoms with E-state index in [1.807, 2.05) is 19.1 Å². The van der Waals surface area contributed by atoms with Crippen molar-refractivity contribution in [2.45, 2.75) is 18.1 Å². The third-order valence-electron chi connectivity index (χ3n) is 4.92. The van der Waals surface area contributed by atoms with Crippen molar-refractivity contribution < 1.29 is 13.9 Å². The van der Waals surface area contributed by atoms with Gasteiger partial charge in [-0.1, -0.05) is 36.0 Å². The third-order valence-corrected chi connectivity index (χ3v) is 5.87. The lowest BCUT2D eigenvalue weighted by Gasteiger charge is -2.18. The Kier molecular flexibility index (Phi) is 6.25. The van der Waals surface area contributed by atoms with Crippen LogP contribution in [0.25, 0.3) is 21.9 Å². The van der Waals surface area contributed by atoms with Crippen LogP contribution >= 0.6 is 11.8 Å². The molecule has 9 heteroatoms. The molecule has 1 N–H and O–H groups in total. The van der Waals surface area contributed by atoms with E-state index in [-0.39, 0.29) is 29.0 Å². The zero-order chi connectivity index (χ0) is 22.7. The van der Waals surface area contributed by atoms with Crippen molar-refractivity contribution in [3.05, 3.63) is 64.6 Å². The number of para-hydroxylation sites is 2. The van der Waals surface area contributed by atoms with Gasteiger partial charge in [-0.3, -0.25) is 14.2 Å². The van der Waals surface area contributed by atoms with E-state index in [2.05, 4.69) is 10.3 Å². The number of nitrogens with zero attached hydrogens (tertiary/aromatic N) is 3. The van der Waals surface area contributed by atoms with Gasteiger partial charge in [-0.25, -0.2) is 4.98 Å². The highest BCUT2D eigenvalue weighted by Gasteiger charge is 2.19. The van der Waals surface area contributed by atoms with Crippen molar-refractivity contribution in [2.75, 3.05) is 24.8 Å². The molecule has 8 nitrogen and oxygen atoms in total. The lowest BCUT2D eigenvalue weighted by atomic mass is 10.2. The summed E-state index contributed by atoms with van der Waals surface area (Å²) >= 11 is 1.15. The monoisotopic (exact) mass is 448 g/mol. The number of nitrogens with one attached hydrogen (secondary N) is 1. The molecule has 2 aromatic heterocycles. The number of nitriles is 1. The van der Waals surface area contributed by atoms with Crippen LogP contribution in [0.5, 0.6) is 0 Å². The maximum atomic E-state index is 13.1. The second kappa shape index (κ2) is 9.26. The van der Waals surface area contributed by atoms with E-state index in [9.17, 15) is 14.9 Å². The Bertz CT molecular complexity index is 1400. The first-order chi connectivity index (χ1) is 15.5. The fourth-order valence-corrected chi connectivity index (χ4v) is 4.38. The predicted molar refractivity (Wildman–Crippen MR) is 123 cm³/mol. The van der Waals surface area contributed by atoms with Gasteiger partial charge in [0.1, 0.15) is 17.3 Å². The minimum absolute atomic E-state index is 0.00510. The minimum atomic E-state index is -0.341. The number of ether oxygens (including phenoxy) is 1. The predicted octanol–water partition coefficient (Wildman–Crippen LogP) is 3.95. The zero-order valence-electron chi connectivity index (χ0n) is 17.5. The summed E-state index contributed by atoms with van der Waals surface area (Å²) in [5.74, 6) is -0.306. The van der Waals surface area contributed by atoms with Gasteiger partial charge in [-0.05, 0) is 31.2 Å². The summed E-state index contributed by atoms with van der Waals surface area (Å²) in [5, 5.41) is 13.7. The molecule has 1 amide bonds. The molecule has 0 radical (unpaired) electrons. The topological polar surface area (TPSA) is 110 Å². The van der Waals surface area contributed by atoms with Crippen molar-refractivity contribution in [2.24, 2.45) is 0 Å². The molecular formula is C23H20N4O4S. The number of carbonyl (C=O) groups excluding carboxylic acids is 1. The molecule has 0 fully saturated rings. The molecule has 0 saturated heterocycles. The number of rotatable bonds is 7. The molecular weight excluding hydrogens is 428 g/mol. The molecule has 0 aliphatic carbocycles. The molecule has 0 aliphatic heterocycles. The molecule has 2 aromatic carbocycles. The van der Waals surface area contributed by atoms with Gasteiger partial charge in [-0.2, -0.15) is 5.26 Å². The number of hydrogen-bond donors (Lipinski definition) is 1. The van der Waals surface area contributed by atoms with Crippen LogP contribution in [0.4, 0.5) is 5.69 Å². The average molecular weight is 449 g/mol. The number of fused-ring (bicyclic) bond motifs is 2. The summed E-state index contributed by atoms with van der Waals surface area (Å²) in [6.07, 6.45) is 0. The number of amides is 1. The van der Waals surface area contributed by atoms with Crippen LogP contribution < -0.4 is 10.9 Å². The molecule has 0 spiro atoms. The zero-order valence-corrected chi connectivity index (χ0v) is 18.3. The van der Waals surface area contributed by atoms with Crippen molar-refractivity contribution in [1.29, 1.82) is 5.26 Å². The number of anilines is 1. The summed E-state index contributed by atoms with van der Waals surface area (Å²) in [7, 11) is 1.57. The van der Waals surface area contributed by atoms with Crippen LogP contribution in [0.3, 0.4) is 0 Å². The van der Waals surface area contributed by atoms with Crippen LogP contribution in [-0.4, -0.2) is 34.9 Å². The van der Waals surface area contributed by atoms with Gasteiger partial charge in [0.15, 0.2) is 5.16 Å². The van der Waals surface area contributed by atoms with Crippen molar-refractivity contribution in [3.63, 3.8) is 0 Å². The van der Waals surface area contributed by atoms with Gasteiger partial charge < -0.3 is 14.5 Å². The molecule has 2 heterocycles. The normalized spacial score (nSPS) is 12.0. The summed E-state index contributed by atoms with van der Waals surface area (Å²) < 4.78 is 12.3. The summed E-state index contributed by atoms with van der Waals surface area (Å²) in [6.45, 7) is 2.19. The highest BCUT2D eigenvalue weighted by Crippen LogP contribution is 2.30. The molecule has 162 valence electrons. The highest BCUT2D eigenvalue weighted by molar-refractivity contribution is 7.99. The van der Waals surface area contributed by atoms with Gasteiger partial charge in [0.2, 0.25) is 11.7 Å². The number of aromatic nitrogens is 2. The fraction of sp³-hybridized carbons (Fsp3) is 0.217. The summed E-state index contributed by atoms with van der Waals surface area (Å²) in [6, 6.07) is 15.9. The first-order valence-electron chi connectivity index (χ1n) is 9.88. The van der Waals surface area contributed by atoms with E-state index in [4.69, 9.17) is 9.15 Å². The molecule has 0 unspecified atom stereocenters. The van der Waals surface area contributed by atoms with E-state index in [1.54, 1.807) is 54.1 Å². The Labute approximate surface area is 187 Å². The molecule has 0 aliphatic rings. The molecule has 32 heavy (non-hydrogen) atoms. The Balaban J connectivity index is 1.62. The van der Waals surface area contributed by atoms with Crippen LogP contribution in [0, 0.1) is 11.3 Å². The second-order valence-electron chi connectivity index (χ2n) is 7.14. The van der Waals surface area contributed by atoms with Crippen molar-refractivity contribution in [3.8, 4) is 6.07 Å². The van der Waals surface area contributed by atoms with E-state index in [0.717, 1.165) is 11.8 Å². The maximum absolute atomic E-state index is 13.1. The number of thioether (sulfide) groups is 1. The SMILES string of the molecule is COC[C@H](C)n1c(SCC(=O)Nc2c(C#N)oc3ccccc23)nc2ccccc2c1=O. The second-order valence-corrected chi connectivity index (χ2v) is 8.08. The van der Waals surface area contributed by atoms with Crippen molar-refractivity contribution >= 4 is 45.2 Å². The average Bonchev–Trinajstić information content (AvgIpc) is 3.15. The van der Waals surface area contributed by atoms with E-state index < -0.39 is 0 Å². The van der Waals surface area contributed by atoms with Crippen LogP contribution in [0.1, 0.15) is 18.7 Å². The van der Waals surface area contributed by atoms with Crippen LogP contribution in [0.15, 0.2) is 62.9 Å². The lowest BCUT2D eigenvalue weighted by Crippen LogP contribution is -2.29. The number of benzene rings is 2. The fourth-order valence-electron chi connectivity index (χ4n) is 3.49. The number of methoxy groups -OCH3 is 1. The standard InChI is InChI=1S/C23H20N4O4S/c1-14(12-30-2)27-22(29)15-7-3-5-9-17(15)25-23(27)32-13-20(28)26-21-16-8-4-6-10-18(16)31-19(21)11-24/h3-10,14H,12-13H2,1-2H3,(H,26,28)/t14-/m0/s1. The Morgan fingerprint density at radius 2 is 1.97 bits per heavy atom. The molecule has 0 bridgehead atoms. The van der Waals surface area contributed by atoms with E-state index in [0.29, 0.717) is 39.3 Å². The van der Waals surface area contributed by atoms with E-state index >= 15 is 0 Å². The molecule has 1 atom stereocenters. The van der Waals surface area contributed by atoms with Gasteiger partial charge in [0.25, 0.3) is 5.56 Å². The number of carbonyl (C=O) groups is 1. The Morgan fingerprint density at radius 1 is 1.25 bits per heavy atom. The molecule has 4 aromatic rings. The van der Waals surface area contributed by atoms with Crippen molar-refractivity contribution in [1.82, 2.24) is 9.55 Å². The van der Waals surface area contributed by atoms with E-state index in [1.165, 1.54) is 0 Å². The number of furan rings is 1. The quantitative estimate of drug-likeness (QED) is 0.337. The van der Waals surface area contributed by atoms with Gasteiger partial charge >= 0.3 is 0 Å². The third kappa shape index (κ3) is 4.10. The van der Waals surface area contributed by atoms with Crippen LogP contribution in [0.2, 0.25) is 0 Å². The highest BCUT2D eigenvalue weighted by atomic mass is 32.2. The summed E-state index contributed by atoms with van der Waals surface area (Å²) in [5.41, 5.74) is 1.24. The first kappa shape index (κ1) is 21.6. The van der Waals surface area contributed by atoms with Gasteiger partial charge in [-0.15, -0.1) is 0 Å². The molecule has 0 saturated carbocycles.